The van der Waals surface area contributed by atoms with Crippen LogP contribution in [-0.4, -0.2) is 9.55 Å². The third kappa shape index (κ3) is 2.53. The highest BCUT2D eigenvalue weighted by Gasteiger charge is 2.18. The highest BCUT2D eigenvalue weighted by atomic mass is 19.3. The van der Waals surface area contributed by atoms with E-state index in [-0.39, 0.29) is 11.6 Å². The number of halogens is 2. The zero-order valence-corrected chi connectivity index (χ0v) is 11.9. The molecule has 2 N–H and O–H groups in total. The molecule has 2 rings (SSSR count). The second kappa shape index (κ2) is 5.61. The molecule has 0 atom stereocenters. The summed E-state index contributed by atoms with van der Waals surface area (Å²) < 4.78 is 27.5. The van der Waals surface area contributed by atoms with Gasteiger partial charge in [0.15, 0.2) is 0 Å². The van der Waals surface area contributed by atoms with Gasteiger partial charge in [0.05, 0.1) is 0 Å². The summed E-state index contributed by atoms with van der Waals surface area (Å²) in [6.07, 6.45) is -1.74. The zero-order chi connectivity index (χ0) is 14.9. The number of hydrogen-bond donors (Lipinski definition) is 1. The van der Waals surface area contributed by atoms with Gasteiger partial charge in [-0.05, 0) is 19.9 Å². The Labute approximate surface area is 117 Å². The average Bonchev–Trinajstić information content (AvgIpc) is 2.75. The van der Waals surface area contributed by atoms with E-state index in [0.29, 0.717) is 17.1 Å². The number of anilines is 1. The quantitative estimate of drug-likeness (QED) is 0.911. The summed E-state index contributed by atoms with van der Waals surface area (Å²) in [5.74, 6) is 1.40. The largest absolute Gasteiger partial charge is 0.383 e. The zero-order valence-electron chi connectivity index (χ0n) is 11.9. The van der Waals surface area contributed by atoms with Crippen molar-refractivity contribution in [3.63, 3.8) is 0 Å². The van der Waals surface area contributed by atoms with Crippen LogP contribution in [0.5, 0.6) is 0 Å². The smallest absolute Gasteiger partial charge is 0.263 e. The monoisotopic (exact) mass is 279 g/mol. The Hall–Kier alpha value is -1.91. The molecule has 1 heterocycles. The molecular weight excluding hydrogens is 260 g/mol. The fraction of sp³-hybridized carbons (Fsp3) is 0.400. The molecule has 0 spiro atoms. The maximum atomic E-state index is 12.8. The molecule has 108 valence electrons. The predicted molar refractivity (Wildman–Crippen MR) is 76.8 cm³/mol. The number of alkyl halides is 2. The molecule has 20 heavy (non-hydrogen) atoms. The maximum Gasteiger partial charge on any atom is 0.263 e. The molecule has 0 aliphatic rings. The number of rotatable bonds is 4. The molecule has 0 saturated carbocycles. The van der Waals surface area contributed by atoms with Crippen LogP contribution < -0.4 is 5.73 Å². The number of hydrogen-bond acceptors (Lipinski definition) is 2. The number of imidazole rings is 1. The molecule has 0 unspecified atom stereocenters. The third-order valence-electron chi connectivity index (χ3n) is 3.27. The Kier molecular flexibility index (Phi) is 4.06. The molecule has 0 radical (unpaired) electrons. The fourth-order valence-corrected chi connectivity index (χ4v) is 2.35. The number of aryl methyl sites for hydroxylation is 1. The molecule has 0 aliphatic heterocycles. The fourth-order valence-electron chi connectivity index (χ4n) is 2.35. The lowest BCUT2D eigenvalue weighted by molar-refractivity contribution is 0.151. The van der Waals surface area contributed by atoms with Crippen LogP contribution in [0, 0.1) is 0 Å². The first kappa shape index (κ1) is 14.5. The van der Waals surface area contributed by atoms with E-state index in [1.54, 1.807) is 12.1 Å². The lowest BCUT2D eigenvalue weighted by Gasteiger charge is -2.12. The molecule has 0 aliphatic carbocycles. The molecule has 1 aromatic heterocycles. The van der Waals surface area contributed by atoms with Crippen LogP contribution in [0.1, 0.15) is 44.6 Å². The minimum atomic E-state index is -2.49. The van der Waals surface area contributed by atoms with Gasteiger partial charge in [-0.3, -0.25) is 0 Å². The Morgan fingerprint density at radius 1 is 1.30 bits per heavy atom. The van der Waals surface area contributed by atoms with Crippen LogP contribution in [0.25, 0.3) is 11.3 Å². The summed E-state index contributed by atoms with van der Waals surface area (Å²) in [6.45, 7) is 6.05. The predicted octanol–water partition coefficient (Wildman–Crippen LogP) is 4.21. The number of nitrogen functional groups attached to an aromatic ring is 1. The van der Waals surface area contributed by atoms with Gasteiger partial charge < -0.3 is 10.3 Å². The Morgan fingerprint density at radius 2 is 2.00 bits per heavy atom. The van der Waals surface area contributed by atoms with Gasteiger partial charge in [-0.2, -0.15) is 0 Å². The van der Waals surface area contributed by atoms with Crippen LogP contribution in [0.3, 0.4) is 0 Å². The van der Waals surface area contributed by atoms with Gasteiger partial charge in [-0.25, -0.2) is 13.8 Å². The highest BCUT2D eigenvalue weighted by molar-refractivity contribution is 5.71. The van der Waals surface area contributed by atoms with Crippen molar-refractivity contribution in [3.05, 3.63) is 35.7 Å². The van der Waals surface area contributed by atoms with Crippen molar-refractivity contribution < 1.29 is 8.78 Å². The molecule has 1 aromatic carbocycles. The first-order valence-corrected chi connectivity index (χ1v) is 6.70. The van der Waals surface area contributed by atoms with Gasteiger partial charge in [0.1, 0.15) is 17.3 Å². The summed E-state index contributed by atoms with van der Waals surface area (Å²) in [4.78, 5) is 4.51. The molecule has 0 fully saturated rings. The normalized spacial score (nSPS) is 11.6. The van der Waals surface area contributed by atoms with Crippen LogP contribution >= 0.6 is 0 Å². The van der Waals surface area contributed by atoms with Crippen molar-refractivity contribution >= 4 is 5.82 Å². The van der Waals surface area contributed by atoms with Gasteiger partial charge in [0.25, 0.3) is 6.43 Å². The van der Waals surface area contributed by atoms with E-state index in [0.717, 1.165) is 12.2 Å². The van der Waals surface area contributed by atoms with Gasteiger partial charge in [-0.1, -0.05) is 25.1 Å². The number of nitrogens with zero attached hydrogens (tertiary/aromatic N) is 2. The van der Waals surface area contributed by atoms with E-state index in [2.05, 4.69) is 4.98 Å². The van der Waals surface area contributed by atoms with Crippen LogP contribution in [0.15, 0.2) is 24.3 Å². The van der Waals surface area contributed by atoms with Crippen molar-refractivity contribution in [1.82, 2.24) is 9.55 Å². The van der Waals surface area contributed by atoms with Crippen molar-refractivity contribution in [2.24, 2.45) is 0 Å². The maximum absolute atomic E-state index is 12.8. The highest BCUT2D eigenvalue weighted by Crippen LogP contribution is 2.31. The topological polar surface area (TPSA) is 43.8 Å². The summed E-state index contributed by atoms with van der Waals surface area (Å²) in [5.41, 5.74) is 7.35. The molecule has 0 amide bonds. The Morgan fingerprint density at radius 3 is 2.50 bits per heavy atom. The third-order valence-corrected chi connectivity index (χ3v) is 3.27. The van der Waals surface area contributed by atoms with Crippen molar-refractivity contribution in [2.75, 3.05) is 5.73 Å². The van der Waals surface area contributed by atoms with Crippen LogP contribution in [-0.2, 0) is 6.42 Å². The van der Waals surface area contributed by atoms with E-state index in [1.807, 2.05) is 25.3 Å². The SMILES string of the molecule is CCc1nc(-c2cccc(C(F)F)c2)c(N)n1C(C)C. The molecule has 3 nitrogen and oxygen atoms in total. The van der Waals surface area contributed by atoms with Crippen molar-refractivity contribution in [3.8, 4) is 11.3 Å². The summed E-state index contributed by atoms with van der Waals surface area (Å²) in [6, 6.07) is 6.41. The second-order valence-electron chi connectivity index (χ2n) is 5.01. The summed E-state index contributed by atoms with van der Waals surface area (Å²) in [5, 5.41) is 0. The minimum Gasteiger partial charge on any atom is -0.383 e. The number of aromatic nitrogens is 2. The second-order valence-corrected chi connectivity index (χ2v) is 5.01. The Balaban J connectivity index is 2.56. The number of nitrogens with two attached hydrogens (primary N) is 1. The Bertz CT molecular complexity index is 603. The average molecular weight is 279 g/mol. The lowest BCUT2D eigenvalue weighted by atomic mass is 10.1. The van der Waals surface area contributed by atoms with Crippen LogP contribution in [0.2, 0.25) is 0 Å². The standard InChI is InChI=1S/C15H19F2N3/c1-4-12-19-13(15(18)20(12)9(2)3)10-6-5-7-11(8-10)14(16)17/h5-9,14H,4,18H2,1-3H3. The van der Waals surface area contributed by atoms with Crippen LogP contribution in [0.4, 0.5) is 14.6 Å². The van der Waals surface area contributed by atoms with Gasteiger partial charge in [0.2, 0.25) is 0 Å². The lowest BCUT2D eigenvalue weighted by Crippen LogP contribution is -2.08. The van der Waals surface area contributed by atoms with Crippen molar-refractivity contribution in [1.29, 1.82) is 0 Å². The van der Waals surface area contributed by atoms with E-state index in [4.69, 9.17) is 5.73 Å². The van der Waals surface area contributed by atoms with Gasteiger partial charge >= 0.3 is 0 Å². The van der Waals surface area contributed by atoms with E-state index in [1.165, 1.54) is 12.1 Å². The van der Waals surface area contributed by atoms with Crippen molar-refractivity contribution in [2.45, 2.75) is 39.7 Å². The summed E-state index contributed by atoms with van der Waals surface area (Å²) >= 11 is 0. The molecular formula is C15H19F2N3. The molecule has 0 bridgehead atoms. The van der Waals surface area contributed by atoms with Gasteiger partial charge in [-0.15, -0.1) is 0 Å². The molecule has 5 heteroatoms. The van der Waals surface area contributed by atoms with Gasteiger partial charge in [0, 0.05) is 23.6 Å². The molecule has 2 aromatic rings. The van der Waals surface area contributed by atoms with E-state index >= 15 is 0 Å². The number of benzene rings is 1. The summed E-state index contributed by atoms with van der Waals surface area (Å²) in [7, 11) is 0. The first-order chi connectivity index (χ1) is 9.45. The van der Waals surface area contributed by atoms with E-state index in [9.17, 15) is 8.78 Å². The minimum absolute atomic E-state index is 0.0148. The molecule has 0 saturated heterocycles. The first-order valence-electron chi connectivity index (χ1n) is 6.70. The van der Waals surface area contributed by atoms with E-state index < -0.39 is 6.43 Å².